The molecule has 44 valence electrons. The fourth-order valence-electron chi connectivity index (χ4n) is 0.571. The number of aliphatic hydroxyl groups is 1. The molecule has 1 heterocycles. The zero-order chi connectivity index (χ0) is 5.98. The van der Waals surface area contributed by atoms with E-state index >= 15 is 0 Å². The average Bonchev–Trinajstić information content (AvgIpc) is 2.14. The minimum atomic E-state index is -0.495. The standard InChI is InChI=1S/C4H7BO3/c5-3-2-7-4(1-6)8-3/h3-4,6H,1-2H2/t3-,4-/m1/s1. The maximum absolute atomic E-state index is 8.38. The van der Waals surface area contributed by atoms with Gasteiger partial charge in [0.15, 0.2) is 6.29 Å². The maximum atomic E-state index is 8.38. The second-order valence-electron chi connectivity index (χ2n) is 1.62. The van der Waals surface area contributed by atoms with E-state index in [4.69, 9.17) is 22.4 Å². The summed E-state index contributed by atoms with van der Waals surface area (Å²) < 4.78 is 9.63. The van der Waals surface area contributed by atoms with Crippen LogP contribution in [0.1, 0.15) is 0 Å². The zero-order valence-electron chi connectivity index (χ0n) is 4.41. The van der Waals surface area contributed by atoms with Gasteiger partial charge in [-0.1, -0.05) is 0 Å². The Bertz CT molecular complexity index is 77.7. The molecule has 0 aromatic rings. The van der Waals surface area contributed by atoms with E-state index in [0.29, 0.717) is 6.61 Å². The highest BCUT2D eigenvalue weighted by atomic mass is 16.7. The third-order valence-electron chi connectivity index (χ3n) is 0.922. The van der Waals surface area contributed by atoms with Gasteiger partial charge < -0.3 is 14.6 Å². The third kappa shape index (κ3) is 1.21. The van der Waals surface area contributed by atoms with Gasteiger partial charge in [0.1, 0.15) is 7.85 Å². The molecule has 0 aromatic carbocycles. The van der Waals surface area contributed by atoms with Crippen LogP contribution in [-0.4, -0.2) is 38.5 Å². The molecule has 1 saturated heterocycles. The van der Waals surface area contributed by atoms with Crippen LogP contribution in [0, 0.1) is 0 Å². The van der Waals surface area contributed by atoms with Crippen LogP contribution in [0.3, 0.4) is 0 Å². The predicted octanol–water partition coefficient (Wildman–Crippen LogP) is -1.15. The van der Waals surface area contributed by atoms with Gasteiger partial charge in [-0.3, -0.25) is 0 Å². The van der Waals surface area contributed by atoms with Crippen LogP contribution in [0.4, 0.5) is 0 Å². The summed E-state index contributed by atoms with van der Waals surface area (Å²) in [6.07, 6.45) is -0.495. The van der Waals surface area contributed by atoms with Crippen LogP contribution in [0.25, 0.3) is 0 Å². The van der Waals surface area contributed by atoms with E-state index in [9.17, 15) is 0 Å². The van der Waals surface area contributed by atoms with Crippen LogP contribution in [0.5, 0.6) is 0 Å². The molecule has 1 fully saturated rings. The highest BCUT2D eigenvalue weighted by molar-refractivity contribution is 6.11. The molecule has 2 atom stereocenters. The third-order valence-corrected chi connectivity index (χ3v) is 0.922. The van der Waals surface area contributed by atoms with Crippen molar-refractivity contribution >= 4 is 7.85 Å². The van der Waals surface area contributed by atoms with Crippen molar-refractivity contribution in [2.24, 2.45) is 0 Å². The fraction of sp³-hybridized carbons (Fsp3) is 1.00. The highest BCUT2D eigenvalue weighted by Crippen LogP contribution is 2.06. The Morgan fingerprint density at radius 1 is 1.75 bits per heavy atom. The summed E-state index contributed by atoms with van der Waals surface area (Å²) in [5.41, 5.74) is 0. The molecule has 1 aliphatic heterocycles. The Balaban J connectivity index is 2.22. The van der Waals surface area contributed by atoms with Gasteiger partial charge in [-0.05, 0) is 0 Å². The number of hydrogen-bond acceptors (Lipinski definition) is 3. The van der Waals surface area contributed by atoms with Crippen molar-refractivity contribution in [3.63, 3.8) is 0 Å². The van der Waals surface area contributed by atoms with Crippen LogP contribution in [0.15, 0.2) is 0 Å². The fourth-order valence-corrected chi connectivity index (χ4v) is 0.571. The molecule has 1 aliphatic rings. The van der Waals surface area contributed by atoms with Crippen molar-refractivity contribution in [2.75, 3.05) is 13.2 Å². The van der Waals surface area contributed by atoms with Crippen molar-refractivity contribution < 1.29 is 14.6 Å². The lowest BCUT2D eigenvalue weighted by molar-refractivity contribution is -0.0789. The first-order chi connectivity index (χ1) is 3.83. The molecular weight excluding hydrogens is 107 g/mol. The van der Waals surface area contributed by atoms with E-state index in [0.717, 1.165) is 0 Å². The Kier molecular flexibility index (Phi) is 1.88. The summed E-state index contributed by atoms with van der Waals surface area (Å²) >= 11 is 0. The first-order valence-electron chi connectivity index (χ1n) is 2.46. The van der Waals surface area contributed by atoms with Crippen molar-refractivity contribution in [1.82, 2.24) is 0 Å². The first kappa shape index (κ1) is 6.07. The van der Waals surface area contributed by atoms with Gasteiger partial charge in [-0.15, -0.1) is 0 Å². The lowest BCUT2D eigenvalue weighted by Crippen LogP contribution is -2.15. The van der Waals surface area contributed by atoms with Crippen LogP contribution in [0.2, 0.25) is 0 Å². The Morgan fingerprint density at radius 2 is 2.50 bits per heavy atom. The SMILES string of the molecule is [B][C@H]1CO[C@@H](CO)O1. The van der Waals surface area contributed by atoms with Crippen LogP contribution in [-0.2, 0) is 9.47 Å². The minimum Gasteiger partial charge on any atom is -0.391 e. The second-order valence-corrected chi connectivity index (χ2v) is 1.62. The largest absolute Gasteiger partial charge is 0.391 e. The maximum Gasteiger partial charge on any atom is 0.180 e. The van der Waals surface area contributed by atoms with Crippen molar-refractivity contribution in [3.8, 4) is 0 Å². The van der Waals surface area contributed by atoms with Gasteiger partial charge in [0.25, 0.3) is 0 Å². The van der Waals surface area contributed by atoms with Crippen LogP contribution < -0.4 is 0 Å². The van der Waals surface area contributed by atoms with Crippen molar-refractivity contribution in [1.29, 1.82) is 0 Å². The Labute approximate surface area is 49.0 Å². The highest BCUT2D eigenvalue weighted by Gasteiger charge is 2.20. The molecule has 2 radical (unpaired) electrons. The predicted molar refractivity (Wildman–Crippen MR) is 27.5 cm³/mol. The first-order valence-corrected chi connectivity index (χ1v) is 2.46. The van der Waals surface area contributed by atoms with E-state index in [-0.39, 0.29) is 12.6 Å². The van der Waals surface area contributed by atoms with Crippen LogP contribution >= 0.6 is 0 Å². The Hall–Kier alpha value is -0.0551. The van der Waals surface area contributed by atoms with Crippen molar-refractivity contribution in [3.05, 3.63) is 0 Å². The number of aliphatic hydroxyl groups excluding tert-OH is 1. The normalized spacial score (nSPS) is 38.1. The molecule has 0 aromatic heterocycles. The van der Waals surface area contributed by atoms with E-state index < -0.39 is 6.29 Å². The monoisotopic (exact) mass is 114 g/mol. The van der Waals surface area contributed by atoms with Gasteiger partial charge in [-0.2, -0.15) is 0 Å². The molecule has 0 spiro atoms. The molecule has 1 rings (SSSR count). The quantitative estimate of drug-likeness (QED) is 0.437. The van der Waals surface area contributed by atoms with E-state index in [1.54, 1.807) is 0 Å². The average molecular weight is 114 g/mol. The summed E-state index contributed by atoms with van der Waals surface area (Å²) in [7, 11) is 5.24. The van der Waals surface area contributed by atoms with Gasteiger partial charge >= 0.3 is 0 Å². The van der Waals surface area contributed by atoms with E-state index in [2.05, 4.69) is 0 Å². The molecule has 0 aliphatic carbocycles. The minimum absolute atomic E-state index is 0.117. The summed E-state index contributed by atoms with van der Waals surface area (Å²) in [5.74, 6) is 0. The summed E-state index contributed by atoms with van der Waals surface area (Å²) in [5, 5.41) is 8.38. The number of hydrogen-bond donors (Lipinski definition) is 1. The van der Waals surface area contributed by atoms with Gasteiger partial charge in [0, 0.05) is 6.00 Å². The molecular formula is C4H7BO3. The smallest absolute Gasteiger partial charge is 0.180 e. The molecule has 1 N–H and O–H groups in total. The molecule has 0 bridgehead atoms. The molecule has 0 amide bonds. The topological polar surface area (TPSA) is 38.7 Å². The van der Waals surface area contributed by atoms with E-state index in [1.807, 2.05) is 0 Å². The van der Waals surface area contributed by atoms with E-state index in [1.165, 1.54) is 0 Å². The summed E-state index contributed by atoms with van der Waals surface area (Å²) in [6, 6.07) is -0.354. The molecule has 3 nitrogen and oxygen atoms in total. The molecule has 0 unspecified atom stereocenters. The van der Waals surface area contributed by atoms with Crippen molar-refractivity contribution in [2.45, 2.75) is 12.3 Å². The molecule has 4 heteroatoms. The summed E-state index contributed by atoms with van der Waals surface area (Å²) in [4.78, 5) is 0. The lowest BCUT2D eigenvalue weighted by Gasteiger charge is -2.03. The van der Waals surface area contributed by atoms with Gasteiger partial charge in [0.2, 0.25) is 0 Å². The molecule has 0 saturated carbocycles. The number of rotatable bonds is 1. The zero-order valence-corrected chi connectivity index (χ0v) is 4.41. The second kappa shape index (κ2) is 2.48. The van der Waals surface area contributed by atoms with Gasteiger partial charge in [-0.25, -0.2) is 0 Å². The number of ether oxygens (including phenoxy) is 2. The molecule has 8 heavy (non-hydrogen) atoms. The van der Waals surface area contributed by atoms with Gasteiger partial charge in [0.05, 0.1) is 13.2 Å². The lowest BCUT2D eigenvalue weighted by atomic mass is 10.0. The summed E-state index contributed by atoms with van der Waals surface area (Å²) in [6.45, 7) is 0.263. The Morgan fingerprint density at radius 3 is 2.75 bits per heavy atom.